The predicted octanol–water partition coefficient (Wildman–Crippen LogP) is 1.48. The summed E-state index contributed by atoms with van der Waals surface area (Å²) in [6.07, 6.45) is 0.975. The molecule has 2 N–H and O–H groups in total. The first-order valence-electron chi connectivity index (χ1n) is 6.63. The van der Waals surface area contributed by atoms with Gasteiger partial charge in [-0.3, -0.25) is 9.99 Å². The minimum atomic E-state index is -0.334. The summed E-state index contributed by atoms with van der Waals surface area (Å²) in [6, 6.07) is 7.82. The molecule has 0 unspecified atom stereocenters. The molecule has 6 heteroatoms. The molecule has 0 spiro atoms. The number of nitrogens with one attached hydrogen (secondary N) is 2. The minimum Gasteiger partial charge on any atom is -0.289 e. The number of aryl methyl sites for hydroxylation is 1. The van der Waals surface area contributed by atoms with Crippen molar-refractivity contribution in [1.29, 1.82) is 0 Å². The molecule has 6 nitrogen and oxygen atoms in total. The van der Waals surface area contributed by atoms with Gasteiger partial charge < -0.3 is 0 Å². The maximum absolute atomic E-state index is 11.9. The quantitative estimate of drug-likeness (QED) is 0.637. The maximum atomic E-state index is 11.9. The van der Waals surface area contributed by atoms with Crippen molar-refractivity contribution in [2.75, 3.05) is 12.0 Å². The lowest BCUT2D eigenvalue weighted by Crippen LogP contribution is -2.29. The Hall–Kier alpha value is -2.21. The topological polar surface area (TPSA) is 71.8 Å². The fourth-order valence-electron chi connectivity index (χ4n) is 1.84. The molecule has 20 heavy (non-hydrogen) atoms. The maximum Gasteiger partial charge on any atom is 0.352 e. The molecule has 0 radical (unpaired) electrons. The molecule has 0 fully saturated rings. The van der Waals surface area contributed by atoms with Crippen LogP contribution in [0.4, 0.5) is 5.95 Å². The van der Waals surface area contributed by atoms with Gasteiger partial charge in [0, 0.05) is 19.2 Å². The molecule has 2 aromatic rings. The summed E-state index contributed by atoms with van der Waals surface area (Å²) < 4.78 is 1.45. The third kappa shape index (κ3) is 3.03. The smallest absolute Gasteiger partial charge is 0.289 e. The van der Waals surface area contributed by atoms with E-state index < -0.39 is 0 Å². The summed E-state index contributed by atoms with van der Waals surface area (Å²) in [4.78, 5) is 20.2. The van der Waals surface area contributed by atoms with Gasteiger partial charge in [-0.25, -0.2) is 10.2 Å². The van der Waals surface area contributed by atoms with Gasteiger partial charge in [0.1, 0.15) is 5.82 Å². The normalized spacial score (nSPS) is 10.6. The van der Waals surface area contributed by atoms with E-state index in [-0.39, 0.29) is 5.69 Å². The number of hydrogen-bond donors (Lipinski definition) is 2. The second-order valence-electron chi connectivity index (χ2n) is 4.58. The van der Waals surface area contributed by atoms with Crippen molar-refractivity contribution in [3.05, 3.63) is 40.3 Å². The van der Waals surface area contributed by atoms with Crippen LogP contribution in [-0.4, -0.2) is 21.1 Å². The van der Waals surface area contributed by atoms with Crippen LogP contribution in [-0.2, 0) is 7.05 Å². The molecule has 0 aliphatic rings. The van der Waals surface area contributed by atoms with Crippen molar-refractivity contribution in [2.45, 2.75) is 20.3 Å². The molecule has 1 aromatic heterocycles. The van der Waals surface area contributed by atoms with E-state index in [2.05, 4.69) is 27.7 Å². The third-order valence-corrected chi connectivity index (χ3v) is 2.98. The van der Waals surface area contributed by atoms with Crippen molar-refractivity contribution in [3.63, 3.8) is 0 Å². The van der Waals surface area contributed by atoms with E-state index in [0.29, 0.717) is 11.8 Å². The first kappa shape index (κ1) is 14.2. The van der Waals surface area contributed by atoms with E-state index in [1.165, 1.54) is 4.57 Å². The Morgan fingerprint density at radius 3 is 2.70 bits per heavy atom. The van der Waals surface area contributed by atoms with Crippen molar-refractivity contribution in [2.24, 2.45) is 7.05 Å². The molecule has 1 heterocycles. The van der Waals surface area contributed by atoms with Crippen LogP contribution in [0.25, 0.3) is 11.4 Å². The zero-order chi connectivity index (χ0) is 14.5. The molecule has 0 amide bonds. The molecule has 0 bridgehead atoms. The Morgan fingerprint density at radius 2 is 2.00 bits per heavy atom. The highest BCUT2D eigenvalue weighted by Gasteiger charge is 2.10. The van der Waals surface area contributed by atoms with Gasteiger partial charge in [0.25, 0.3) is 0 Å². The van der Waals surface area contributed by atoms with Gasteiger partial charge >= 0.3 is 5.69 Å². The van der Waals surface area contributed by atoms with Crippen molar-refractivity contribution < 1.29 is 0 Å². The average Bonchev–Trinajstić information content (AvgIpc) is 2.44. The van der Waals surface area contributed by atoms with E-state index in [1.54, 1.807) is 7.05 Å². The minimum absolute atomic E-state index is 0.291. The van der Waals surface area contributed by atoms with Crippen molar-refractivity contribution >= 4 is 5.95 Å². The van der Waals surface area contributed by atoms with Crippen LogP contribution in [0.1, 0.15) is 18.9 Å². The summed E-state index contributed by atoms with van der Waals surface area (Å²) in [5.41, 5.74) is 7.48. The van der Waals surface area contributed by atoms with Gasteiger partial charge in [-0.2, -0.15) is 9.97 Å². The van der Waals surface area contributed by atoms with Crippen LogP contribution >= 0.6 is 0 Å². The Kier molecular flexibility index (Phi) is 4.47. The van der Waals surface area contributed by atoms with Crippen LogP contribution in [0.15, 0.2) is 29.1 Å². The molecule has 1 aromatic carbocycles. The molecule has 2 rings (SSSR count). The first-order valence-corrected chi connectivity index (χ1v) is 6.63. The van der Waals surface area contributed by atoms with Gasteiger partial charge in [0.05, 0.1) is 0 Å². The lowest BCUT2D eigenvalue weighted by Gasteiger charge is -2.11. The monoisotopic (exact) mass is 273 g/mol. The summed E-state index contributed by atoms with van der Waals surface area (Å²) >= 11 is 0. The Bertz CT molecular complexity index is 650. The van der Waals surface area contributed by atoms with Gasteiger partial charge in [-0.05, 0) is 18.9 Å². The van der Waals surface area contributed by atoms with Crippen LogP contribution in [0, 0.1) is 6.92 Å². The first-order chi connectivity index (χ1) is 9.63. The molecule has 0 atom stereocenters. The SMILES string of the molecule is CCCNNc1nc(-c2ccccc2C)n(C)c(=O)n1. The fourth-order valence-corrected chi connectivity index (χ4v) is 1.84. The number of benzene rings is 1. The Balaban J connectivity index is 2.42. The number of hydrogen-bond acceptors (Lipinski definition) is 5. The van der Waals surface area contributed by atoms with Crippen LogP contribution in [0.5, 0.6) is 0 Å². The largest absolute Gasteiger partial charge is 0.352 e. The van der Waals surface area contributed by atoms with Gasteiger partial charge in [0.15, 0.2) is 0 Å². The summed E-state index contributed by atoms with van der Waals surface area (Å²) in [5.74, 6) is 0.892. The lowest BCUT2D eigenvalue weighted by molar-refractivity contribution is 0.729. The van der Waals surface area contributed by atoms with Gasteiger partial charge in [-0.1, -0.05) is 31.2 Å². The lowest BCUT2D eigenvalue weighted by atomic mass is 10.1. The van der Waals surface area contributed by atoms with E-state index in [9.17, 15) is 4.79 Å². The number of hydrazine groups is 1. The van der Waals surface area contributed by atoms with Crippen LogP contribution < -0.4 is 16.5 Å². The summed E-state index contributed by atoms with van der Waals surface area (Å²) in [5, 5.41) is 0. The molecular formula is C14H19N5O. The second kappa shape index (κ2) is 6.29. The number of rotatable bonds is 5. The Morgan fingerprint density at radius 1 is 1.25 bits per heavy atom. The Labute approximate surface area is 117 Å². The average molecular weight is 273 g/mol. The van der Waals surface area contributed by atoms with E-state index in [0.717, 1.165) is 24.1 Å². The zero-order valence-electron chi connectivity index (χ0n) is 12.0. The molecular weight excluding hydrogens is 254 g/mol. The highest BCUT2D eigenvalue weighted by Crippen LogP contribution is 2.19. The van der Waals surface area contributed by atoms with Gasteiger partial charge in [-0.15, -0.1) is 0 Å². The standard InChI is InChI=1S/C14H19N5O/c1-4-9-15-18-13-16-12(19(3)14(20)17-13)11-8-6-5-7-10(11)2/h5-8,15H,4,9H2,1-3H3,(H,17,18,20). The fraction of sp³-hybridized carbons (Fsp3) is 0.357. The number of nitrogens with zero attached hydrogens (tertiary/aromatic N) is 3. The van der Waals surface area contributed by atoms with Crippen molar-refractivity contribution in [3.8, 4) is 11.4 Å². The molecule has 106 valence electrons. The van der Waals surface area contributed by atoms with E-state index in [1.807, 2.05) is 31.2 Å². The van der Waals surface area contributed by atoms with Crippen LogP contribution in [0.2, 0.25) is 0 Å². The number of aromatic nitrogens is 3. The third-order valence-electron chi connectivity index (χ3n) is 2.98. The molecule has 0 aliphatic heterocycles. The van der Waals surface area contributed by atoms with Crippen molar-refractivity contribution in [1.82, 2.24) is 20.0 Å². The summed E-state index contributed by atoms with van der Waals surface area (Å²) in [7, 11) is 1.67. The molecule has 0 saturated carbocycles. The van der Waals surface area contributed by atoms with Crippen LogP contribution in [0.3, 0.4) is 0 Å². The highest BCUT2D eigenvalue weighted by atomic mass is 16.1. The highest BCUT2D eigenvalue weighted by molar-refractivity contribution is 5.60. The predicted molar refractivity (Wildman–Crippen MR) is 79.4 cm³/mol. The summed E-state index contributed by atoms with van der Waals surface area (Å²) in [6.45, 7) is 4.82. The molecule has 0 aliphatic carbocycles. The second-order valence-corrected chi connectivity index (χ2v) is 4.58. The zero-order valence-corrected chi connectivity index (χ0v) is 12.0. The molecule has 0 saturated heterocycles. The van der Waals surface area contributed by atoms with E-state index in [4.69, 9.17) is 0 Å². The van der Waals surface area contributed by atoms with Gasteiger partial charge in [0.2, 0.25) is 5.95 Å². The number of anilines is 1. The van der Waals surface area contributed by atoms with E-state index >= 15 is 0 Å².